The average molecular weight is 529 g/mol. The van der Waals surface area contributed by atoms with Crippen LogP contribution in [0.1, 0.15) is 36.0 Å². The third-order valence-electron chi connectivity index (χ3n) is 8.63. The van der Waals surface area contributed by atoms with E-state index in [-0.39, 0.29) is 36.2 Å². The molecule has 4 fully saturated rings. The van der Waals surface area contributed by atoms with Crippen LogP contribution >= 0.6 is 0 Å². The molecule has 1 aliphatic carbocycles. The van der Waals surface area contributed by atoms with Crippen molar-refractivity contribution in [3.63, 3.8) is 0 Å². The Bertz CT molecular complexity index is 990. The second-order valence-corrected chi connectivity index (χ2v) is 10.8. The molecule has 1 aromatic carbocycles. The molecule has 10 heteroatoms. The second kappa shape index (κ2) is 12.1. The molecule has 4 atom stereocenters. The Labute approximate surface area is 224 Å². The highest BCUT2D eigenvalue weighted by Crippen LogP contribution is 2.33. The van der Waals surface area contributed by atoms with Crippen molar-refractivity contribution in [3.8, 4) is 0 Å². The highest BCUT2D eigenvalue weighted by Gasteiger charge is 2.54. The summed E-state index contributed by atoms with van der Waals surface area (Å²) in [4.78, 5) is 46.1. The molecule has 3 aliphatic heterocycles. The van der Waals surface area contributed by atoms with Crippen LogP contribution in [0.25, 0.3) is 0 Å². The maximum absolute atomic E-state index is 13.8. The summed E-state index contributed by atoms with van der Waals surface area (Å²) in [6.45, 7) is 5.78. The normalized spacial score (nSPS) is 27.1. The van der Waals surface area contributed by atoms with Crippen LogP contribution in [0.4, 0.5) is 5.69 Å². The SMILES string of the molecule is COCCN1CCN(c2ccc(C(=O)N[C@H](C(=O)N3C[C@H](OC)[C@H]4OCC(=O)[C@H]43)C3CCCC3)cc2)CC1. The molecule has 1 aromatic rings. The van der Waals surface area contributed by atoms with E-state index >= 15 is 0 Å². The molecule has 3 heterocycles. The van der Waals surface area contributed by atoms with Gasteiger partial charge in [-0.05, 0) is 43.0 Å². The monoisotopic (exact) mass is 528 g/mol. The lowest BCUT2D eigenvalue weighted by atomic mass is 9.95. The van der Waals surface area contributed by atoms with E-state index in [1.165, 1.54) is 0 Å². The van der Waals surface area contributed by atoms with Crippen LogP contribution in [0, 0.1) is 5.92 Å². The molecule has 1 N–H and O–H groups in total. The highest BCUT2D eigenvalue weighted by molar-refractivity contribution is 5.99. The van der Waals surface area contributed by atoms with Crippen LogP contribution in [0.3, 0.4) is 0 Å². The fourth-order valence-electron chi connectivity index (χ4n) is 6.40. The van der Waals surface area contributed by atoms with Gasteiger partial charge in [0.15, 0.2) is 5.78 Å². The van der Waals surface area contributed by atoms with Gasteiger partial charge in [0.2, 0.25) is 5.91 Å². The number of carbonyl (C=O) groups excluding carboxylic acids is 3. The molecule has 10 nitrogen and oxygen atoms in total. The first-order valence-electron chi connectivity index (χ1n) is 13.8. The topological polar surface area (TPSA) is 101 Å². The number of benzene rings is 1. The van der Waals surface area contributed by atoms with Gasteiger partial charge in [0, 0.05) is 58.2 Å². The van der Waals surface area contributed by atoms with Crippen molar-refractivity contribution in [1.82, 2.24) is 15.1 Å². The number of hydrogen-bond acceptors (Lipinski definition) is 8. The standard InChI is InChI=1S/C28H40N4O6/c1-36-16-15-30-11-13-31(14-12-30)21-9-7-20(8-10-21)27(34)29-24(19-5-3-4-6-19)28(35)32-17-23(37-2)26-25(32)22(33)18-38-26/h7-10,19,23-26H,3-6,11-18H2,1-2H3,(H,29,34)/t23-,24-,25+,26+/m0/s1. The van der Waals surface area contributed by atoms with Crippen molar-refractivity contribution < 1.29 is 28.6 Å². The van der Waals surface area contributed by atoms with Crippen LogP contribution in [-0.2, 0) is 23.8 Å². The van der Waals surface area contributed by atoms with E-state index < -0.39 is 18.2 Å². The molecule has 0 aromatic heterocycles. The van der Waals surface area contributed by atoms with Gasteiger partial charge in [-0.15, -0.1) is 0 Å². The Morgan fingerprint density at radius 1 is 1.08 bits per heavy atom. The lowest BCUT2D eigenvalue weighted by Crippen LogP contribution is -2.54. The number of rotatable bonds is 9. The largest absolute Gasteiger partial charge is 0.383 e. The number of nitrogens with zero attached hydrogens (tertiary/aromatic N) is 3. The van der Waals surface area contributed by atoms with E-state index in [9.17, 15) is 14.4 Å². The molecular weight excluding hydrogens is 488 g/mol. The summed E-state index contributed by atoms with van der Waals surface area (Å²) in [7, 11) is 3.30. The number of likely N-dealkylation sites (tertiary alicyclic amines) is 1. The van der Waals surface area contributed by atoms with Crippen LogP contribution in [0.5, 0.6) is 0 Å². The molecular formula is C28H40N4O6. The van der Waals surface area contributed by atoms with Crippen molar-refractivity contribution in [2.75, 3.05) is 71.6 Å². The molecule has 3 saturated heterocycles. The summed E-state index contributed by atoms with van der Waals surface area (Å²) in [6, 6.07) is 6.32. The third-order valence-corrected chi connectivity index (χ3v) is 8.63. The van der Waals surface area contributed by atoms with E-state index in [4.69, 9.17) is 14.2 Å². The minimum Gasteiger partial charge on any atom is -0.383 e. The first-order valence-corrected chi connectivity index (χ1v) is 13.8. The number of carbonyl (C=O) groups is 3. The Morgan fingerprint density at radius 3 is 2.45 bits per heavy atom. The van der Waals surface area contributed by atoms with Gasteiger partial charge in [0.25, 0.3) is 5.91 Å². The molecule has 38 heavy (non-hydrogen) atoms. The van der Waals surface area contributed by atoms with Gasteiger partial charge in [-0.25, -0.2) is 0 Å². The van der Waals surface area contributed by atoms with Crippen molar-refractivity contribution in [1.29, 1.82) is 0 Å². The zero-order valence-electron chi connectivity index (χ0n) is 22.5. The highest BCUT2D eigenvalue weighted by atomic mass is 16.5. The molecule has 0 bridgehead atoms. The zero-order chi connectivity index (χ0) is 26.6. The first-order chi connectivity index (χ1) is 18.5. The molecule has 4 aliphatic rings. The van der Waals surface area contributed by atoms with Crippen molar-refractivity contribution >= 4 is 23.3 Å². The fraction of sp³-hybridized carbons (Fsp3) is 0.679. The predicted octanol–water partition coefficient (Wildman–Crippen LogP) is 0.937. The van der Waals surface area contributed by atoms with Crippen LogP contribution in [-0.4, -0.2) is 118 Å². The van der Waals surface area contributed by atoms with Gasteiger partial charge >= 0.3 is 0 Å². The average Bonchev–Trinajstić information content (AvgIpc) is 3.69. The lowest BCUT2D eigenvalue weighted by Gasteiger charge is -2.36. The summed E-state index contributed by atoms with van der Waals surface area (Å²) in [5.74, 6) is -0.520. The quantitative estimate of drug-likeness (QED) is 0.506. The number of fused-ring (bicyclic) bond motifs is 1. The van der Waals surface area contributed by atoms with Gasteiger partial charge in [0.1, 0.15) is 30.9 Å². The van der Waals surface area contributed by atoms with E-state index in [2.05, 4.69) is 15.1 Å². The maximum atomic E-state index is 13.8. The van der Waals surface area contributed by atoms with E-state index in [0.29, 0.717) is 12.1 Å². The van der Waals surface area contributed by atoms with Crippen molar-refractivity contribution in [2.45, 2.75) is 50.0 Å². The van der Waals surface area contributed by atoms with Gasteiger partial charge < -0.3 is 29.3 Å². The molecule has 208 valence electrons. The Kier molecular flexibility index (Phi) is 8.62. The number of Topliss-reactive ketones (excluding diaryl/α,β-unsaturated/α-hetero) is 1. The maximum Gasteiger partial charge on any atom is 0.251 e. The minimum atomic E-state index is -0.672. The number of ketones is 1. The Morgan fingerprint density at radius 2 is 1.79 bits per heavy atom. The number of amides is 2. The van der Waals surface area contributed by atoms with Crippen LogP contribution in [0.2, 0.25) is 0 Å². The summed E-state index contributed by atoms with van der Waals surface area (Å²) in [5.41, 5.74) is 1.61. The van der Waals surface area contributed by atoms with Gasteiger partial charge in [-0.3, -0.25) is 19.3 Å². The third kappa shape index (κ3) is 5.59. The molecule has 0 radical (unpaired) electrons. The molecule has 5 rings (SSSR count). The zero-order valence-corrected chi connectivity index (χ0v) is 22.5. The predicted molar refractivity (Wildman–Crippen MR) is 141 cm³/mol. The second-order valence-electron chi connectivity index (χ2n) is 10.8. The number of methoxy groups -OCH3 is 2. The molecule has 2 amide bonds. The Hall–Kier alpha value is -2.53. The van der Waals surface area contributed by atoms with E-state index in [0.717, 1.165) is 70.7 Å². The van der Waals surface area contributed by atoms with E-state index in [1.54, 1.807) is 19.1 Å². The molecule has 0 spiro atoms. The summed E-state index contributed by atoms with van der Waals surface area (Å²) < 4.78 is 16.4. The number of ether oxygens (including phenoxy) is 3. The Balaban J connectivity index is 1.24. The van der Waals surface area contributed by atoms with Gasteiger partial charge in [-0.2, -0.15) is 0 Å². The number of nitrogens with one attached hydrogen (secondary N) is 1. The number of hydrogen-bond donors (Lipinski definition) is 1. The van der Waals surface area contributed by atoms with Crippen molar-refractivity contribution in [3.05, 3.63) is 29.8 Å². The van der Waals surface area contributed by atoms with E-state index in [1.807, 2.05) is 24.3 Å². The number of piperazine rings is 1. The summed E-state index contributed by atoms with van der Waals surface area (Å²) in [6.07, 6.45) is 3.05. The number of anilines is 1. The minimum absolute atomic E-state index is 0.00597. The van der Waals surface area contributed by atoms with Crippen LogP contribution in [0.15, 0.2) is 24.3 Å². The van der Waals surface area contributed by atoms with Gasteiger partial charge in [-0.1, -0.05) is 12.8 Å². The fourth-order valence-corrected chi connectivity index (χ4v) is 6.40. The van der Waals surface area contributed by atoms with Gasteiger partial charge in [0.05, 0.1) is 13.2 Å². The first kappa shape index (κ1) is 27.1. The van der Waals surface area contributed by atoms with Crippen molar-refractivity contribution in [2.24, 2.45) is 5.92 Å². The summed E-state index contributed by atoms with van der Waals surface area (Å²) in [5, 5.41) is 3.05. The lowest BCUT2D eigenvalue weighted by molar-refractivity contribution is -0.139. The van der Waals surface area contributed by atoms with Crippen LogP contribution < -0.4 is 10.2 Å². The smallest absolute Gasteiger partial charge is 0.251 e. The summed E-state index contributed by atoms with van der Waals surface area (Å²) >= 11 is 0. The molecule has 0 unspecified atom stereocenters. The molecule has 1 saturated carbocycles.